The summed E-state index contributed by atoms with van der Waals surface area (Å²) in [5.74, 6) is 0.444. The van der Waals surface area contributed by atoms with Crippen molar-refractivity contribution in [2.45, 2.75) is 19.8 Å². The van der Waals surface area contributed by atoms with Gasteiger partial charge in [0.1, 0.15) is 4.99 Å². The first-order valence-electron chi connectivity index (χ1n) is 6.38. The van der Waals surface area contributed by atoms with Gasteiger partial charge >= 0.3 is 0 Å². The molecular weight excluding hydrogens is 244 g/mol. The molecule has 4 heteroatoms. The van der Waals surface area contributed by atoms with Gasteiger partial charge in [-0.3, -0.25) is 0 Å². The average Bonchev–Trinajstić information content (AvgIpc) is 2.39. The molecule has 0 amide bonds. The van der Waals surface area contributed by atoms with Gasteiger partial charge in [0.05, 0.1) is 0 Å². The molecule has 1 heterocycles. The van der Waals surface area contributed by atoms with Crippen LogP contribution in [0.4, 0.5) is 5.69 Å². The van der Waals surface area contributed by atoms with Crippen LogP contribution in [0.2, 0.25) is 0 Å². The molecule has 1 aliphatic heterocycles. The highest BCUT2D eigenvalue weighted by atomic mass is 32.1. The number of benzene rings is 1. The van der Waals surface area contributed by atoms with E-state index in [-0.39, 0.29) is 0 Å². The Bertz CT molecular complexity index is 439. The Morgan fingerprint density at radius 2 is 2.11 bits per heavy atom. The van der Waals surface area contributed by atoms with Crippen molar-refractivity contribution in [1.29, 1.82) is 0 Å². The van der Waals surface area contributed by atoms with Crippen molar-refractivity contribution in [3.05, 3.63) is 29.3 Å². The molecule has 0 atom stereocenters. The number of aliphatic hydroxyl groups excluding tert-OH is 1. The lowest BCUT2D eigenvalue weighted by atomic mass is 9.96. The van der Waals surface area contributed by atoms with Gasteiger partial charge in [0.25, 0.3) is 0 Å². The molecule has 98 valence electrons. The molecule has 2 rings (SSSR count). The van der Waals surface area contributed by atoms with Crippen molar-refractivity contribution in [1.82, 2.24) is 0 Å². The number of nitrogens with two attached hydrogens (primary N) is 1. The molecule has 1 aromatic carbocycles. The topological polar surface area (TPSA) is 49.5 Å². The zero-order chi connectivity index (χ0) is 13.1. The summed E-state index contributed by atoms with van der Waals surface area (Å²) in [5.41, 5.74) is 9.08. The third-order valence-electron chi connectivity index (χ3n) is 3.63. The fourth-order valence-corrected chi connectivity index (χ4v) is 2.64. The average molecular weight is 264 g/mol. The third-order valence-corrected chi connectivity index (χ3v) is 3.85. The summed E-state index contributed by atoms with van der Waals surface area (Å²) in [6.45, 7) is 4.27. The maximum atomic E-state index is 9.17. The maximum absolute atomic E-state index is 9.17. The second-order valence-electron chi connectivity index (χ2n) is 5.00. The Morgan fingerprint density at radius 3 is 2.67 bits per heavy atom. The molecule has 0 aliphatic carbocycles. The van der Waals surface area contributed by atoms with E-state index >= 15 is 0 Å². The summed E-state index contributed by atoms with van der Waals surface area (Å²) < 4.78 is 0. The molecule has 18 heavy (non-hydrogen) atoms. The zero-order valence-corrected chi connectivity index (χ0v) is 11.5. The van der Waals surface area contributed by atoms with E-state index in [1.807, 2.05) is 6.92 Å². The number of thiocarbonyl (C=S) groups is 1. The van der Waals surface area contributed by atoms with Crippen LogP contribution in [0.5, 0.6) is 0 Å². The van der Waals surface area contributed by atoms with Crippen LogP contribution in [0.3, 0.4) is 0 Å². The van der Waals surface area contributed by atoms with Crippen LogP contribution < -0.4 is 10.6 Å². The van der Waals surface area contributed by atoms with Crippen LogP contribution in [-0.2, 0) is 0 Å². The van der Waals surface area contributed by atoms with E-state index in [0.29, 0.717) is 17.5 Å². The Morgan fingerprint density at radius 1 is 1.44 bits per heavy atom. The normalized spacial score (nSPS) is 16.9. The van der Waals surface area contributed by atoms with Crippen LogP contribution in [0, 0.1) is 12.8 Å². The molecule has 0 bridgehead atoms. The van der Waals surface area contributed by atoms with E-state index < -0.39 is 0 Å². The van der Waals surface area contributed by atoms with Crippen LogP contribution in [0.25, 0.3) is 0 Å². The SMILES string of the molecule is Cc1ccc(N2CCC(CO)CC2)c(C(N)=S)c1. The minimum Gasteiger partial charge on any atom is -0.396 e. The fraction of sp³-hybridized carbons (Fsp3) is 0.500. The van der Waals surface area contributed by atoms with Gasteiger partial charge in [0.15, 0.2) is 0 Å². The molecule has 3 N–H and O–H groups in total. The zero-order valence-electron chi connectivity index (χ0n) is 10.7. The van der Waals surface area contributed by atoms with Gasteiger partial charge in [0, 0.05) is 30.9 Å². The number of aryl methyl sites for hydroxylation is 1. The minimum atomic E-state index is 0.296. The number of anilines is 1. The molecule has 3 nitrogen and oxygen atoms in total. The van der Waals surface area contributed by atoms with Gasteiger partial charge in [-0.1, -0.05) is 23.8 Å². The Hall–Kier alpha value is -1.13. The maximum Gasteiger partial charge on any atom is 0.106 e. The minimum absolute atomic E-state index is 0.296. The van der Waals surface area contributed by atoms with Gasteiger partial charge in [0.2, 0.25) is 0 Å². The lowest BCUT2D eigenvalue weighted by molar-refractivity contribution is 0.203. The summed E-state index contributed by atoms with van der Waals surface area (Å²) in [5, 5.41) is 9.17. The second-order valence-corrected chi connectivity index (χ2v) is 5.44. The number of nitrogens with zero attached hydrogens (tertiary/aromatic N) is 1. The summed E-state index contributed by atoms with van der Waals surface area (Å²) in [6, 6.07) is 6.24. The van der Waals surface area contributed by atoms with Crippen molar-refractivity contribution in [3.8, 4) is 0 Å². The summed E-state index contributed by atoms with van der Waals surface area (Å²) >= 11 is 5.14. The number of piperidine rings is 1. The van der Waals surface area contributed by atoms with E-state index in [0.717, 1.165) is 37.2 Å². The van der Waals surface area contributed by atoms with Gasteiger partial charge in [-0.15, -0.1) is 0 Å². The van der Waals surface area contributed by atoms with Crippen molar-refractivity contribution in [3.63, 3.8) is 0 Å². The van der Waals surface area contributed by atoms with Crippen molar-refractivity contribution in [2.75, 3.05) is 24.6 Å². The van der Waals surface area contributed by atoms with Gasteiger partial charge < -0.3 is 15.7 Å². The predicted octanol–water partition coefficient (Wildman–Crippen LogP) is 1.84. The third kappa shape index (κ3) is 2.82. The summed E-state index contributed by atoms with van der Waals surface area (Å²) in [6.07, 6.45) is 2.06. The molecule has 0 unspecified atom stereocenters. The first-order chi connectivity index (χ1) is 8.61. The van der Waals surface area contributed by atoms with E-state index in [1.165, 1.54) is 5.56 Å². The highest BCUT2D eigenvalue weighted by molar-refractivity contribution is 7.80. The van der Waals surface area contributed by atoms with Gasteiger partial charge in [-0.05, 0) is 37.8 Å². The van der Waals surface area contributed by atoms with Crippen LogP contribution in [0.15, 0.2) is 18.2 Å². The van der Waals surface area contributed by atoms with Crippen LogP contribution in [-0.4, -0.2) is 29.8 Å². The lowest BCUT2D eigenvalue weighted by Crippen LogP contribution is -2.36. The first-order valence-corrected chi connectivity index (χ1v) is 6.79. The Labute approximate surface area is 114 Å². The van der Waals surface area contributed by atoms with Crippen molar-refractivity contribution < 1.29 is 5.11 Å². The molecule has 0 spiro atoms. The molecule has 1 aliphatic rings. The molecule has 1 fully saturated rings. The monoisotopic (exact) mass is 264 g/mol. The lowest BCUT2D eigenvalue weighted by Gasteiger charge is -2.34. The smallest absolute Gasteiger partial charge is 0.106 e. The van der Waals surface area contributed by atoms with Crippen LogP contribution >= 0.6 is 12.2 Å². The summed E-state index contributed by atoms with van der Waals surface area (Å²) in [7, 11) is 0. The Balaban J connectivity index is 2.21. The molecule has 0 saturated carbocycles. The molecular formula is C14H20N2OS. The predicted molar refractivity (Wildman–Crippen MR) is 79.1 cm³/mol. The standard InChI is InChI=1S/C14H20N2OS/c1-10-2-3-13(12(8-10)14(15)18)16-6-4-11(9-17)5-7-16/h2-3,8,11,17H,4-7,9H2,1H3,(H2,15,18). The molecule has 0 radical (unpaired) electrons. The van der Waals surface area contributed by atoms with E-state index in [1.54, 1.807) is 0 Å². The second kappa shape index (κ2) is 5.67. The highest BCUT2D eigenvalue weighted by Gasteiger charge is 2.20. The number of aliphatic hydroxyl groups is 1. The number of rotatable bonds is 3. The van der Waals surface area contributed by atoms with Gasteiger partial charge in [-0.25, -0.2) is 0 Å². The van der Waals surface area contributed by atoms with E-state index in [9.17, 15) is 0 Å². The fourth-order valence-electron chi connectivity index (χ4n) is 2.48. The number of hydrogen-bond acceptors (Lipinski definition) is 3. The molecule has 1 saturated heterocycles. The molecule has 0 aromatic heterocycles. The van der Waals surface area contributed by atoms with Crippen LogP contribution in [0.1, 0.15) is 24.0 Å². The summed E-state index contributed by atoms with van der Waals surface area (Å²) in [4.78, 5) is 2.78. The van der Waals surface area contributed by atoms with Gasteiger partial charge in [-0.2, -0.15) is 0 Å². The first kappa shape index (κ1) is 13.3. The quantitative estimate of drug-likeness (QED) is 0.818. The number of hydrogen-bond donors (Lipinski definition) is 2. The largest absolute Gasteiger partial charge is 0.396 e. The van der Waals surface area contributed by atoms with E-state index in [2.05, 4.69) is 23.1 Å². The van der Waals surface area contributed by atoms with Crippen molar-refractivity contribution >= 4 is 22.9 Å². The van der Waals surface area contributed by atoms with E-state index in [4.69, 9.17) is 23.1 Å². The van der Waals surface area contributed by atoms with Crippen molar-refractivity contribution in [2.24, 2.45) is 11.7 Å². The molecule has 1 aromatic rings. The Kier molecular flexibility index (Phi) is 4.19. The highest BCUT2D eigenvalue weighted by Crippen LogP contribution is 2.27.